The molecule has 2 aromatic carbocycles. The van der Waals surface area contributed by atoms with Gasteiger partial charge in [0.15, 0.2) is 11.5 Å². The molecule has 1 fully saturated rings. The number of nitrogens with zero attached hydrogens (tertiary/aromatic N) is 4. The van der Waals surface area contributed by atoms with Gasteiger partial charge in [-0.05, 0) is 37.1 Å². The summed E-state index contributed by atoms with van der Waals surface area (Å²) in [5.74, 6) is 3.01. The van der Waals surface area contributed by atoms with Crippen molar-refractivity contribution in [3.8, 4) is 11.5 Å². The second-order valence-corrected chi connectivity index (χ2v) is 7.92. The van der Waals surface area contributed by atoms with E-state index in [0.29, 0.717) is 6.54 Å². The lowest BCUT2D eigenvalue weighted by atomic mass is 10.1. The van der Waals surface area contributed by atoms with Crippen LogP contribution < -0.4 is 14.8 Å². The van der Waals surface area contributed by atoms with Crippen LogP contribution in [0.4, 0.5) is 11.5 Å². The first-order valence-corrected chi connectivity index (χ1v) is 10.5. The fourth-order valence-corrected chi connectivity index (χ4v) is 4.07. The van der Waals surface area contributed by atoms with Crippen LogP contribution in [0.2, 0.25) is 0 Å². The summed E-state index contributed by atoms with van der Waals surface area (Å²) in [6.45, 7) is 6.23. The molecule has 3 heterocycles. The highest BCUT2D eigenvalue weighted by molar-refractivity contribution is 5.92. The van der Waals surface area contributed by atoms with E-state index in [0.717, 1.165) is 84.3 Å². The normalized spacial score (nSPS) is 16.4. The van der Waals surface area contributed by atoms with Gasteiger partial charge in [0, 0.05) is 43.3 Å². The van der Waals surface area contributed by atoms with Crippen LogP contribution in [-0.4, -0.2) is 59.1 Å². The first kappa shape index (κ1) is 19.6. The van der Waals surface area contributed by atoms with Crippen LogP contribution in [0.15, 0.2) is 36.4 Å². The van der Waals surface area contributed by atoms with Gasteiger partial charge in [-0.15, -0.1) is 0 Å². The van der Waals surface area contributed by atoms with Crippen LogP contribution in [-0.2, 0) is 11.3 Å². The number of amides is 1. The molecule has 0 bridgehead atoms. The summed E-state index contributed by atoms with van der Waals surface area (Å²) in [4.78, 5) is 25.0. The molecule has 1 N–H and O–H groups in total. The highest BCUT2D eigenvalue weighted by Crippen LogP contribution is 2.36. The standard InChI is InChI=1S/C23H25N5O3/c1-16-4-2-5-18-22(16)25-21(13-27-8-3-9-28(14-29)11-10-27)26-23(18)24-17-6-7-19-20(12-17)31-15-30-19/h2,4-7,12,14H,3,8-11,13,15H2,1H3,(H,24,25,26). The average Bonchev–Trinajstić information content (AvgIpc) is 3.12. The van der Waals surface area contributed by atoms with Crippen molar-refractivity contribution in [2.75, 3.05) is 38.3 Å². The van der Waals surface area contributed by atoms with Gasteiger partial charge in [0.2, 0.25) is 13.2 Å². The third-order valence-corrected chi connectivity index (χ3v) is 5.75. The molecule has 1 saturated heterocycles. The number of carbonyl (C=O) groups excluding carboxylic acids is 1. The van der Waals surface area contributed by atoms with Crippen LogP contribution in [0.1, 0.15) is 17.8 Å². The minimum absolute atomic E-state index is 0.246. The zero-order valence-electron chi connectivity index (χ0n) is 17.5. The summed E-state index contributed by atoms with van der Waals surface area (Å²) in [5, 5.41) is 4.43. The monoisotopic (exact) mass is 419 g/mol. The molecule has 1 amide bonds. The number of aromatic nitrogens is 2. The van der Waals surface area contributed by atoms with E-state index in [9.17, 15) is 4.79 Å². The van der Waals surface area contributed by atoms with Gasteiger partial charge in [0.05, 0.1) is 12.1 Å². The van der Waals surface area contributed by atoms with Crippen LogP contribution in [0.3, 0.4) is 0 Å². The minimum Gasteiger partial charge on any atom is -0.454 e. The fourth-order valence-electron chi connectivity index (χ4n) is 4.07. The molecule has 2 aliphatic rings. The summed E-state index contributed by atoms with van der Waals surface area (Å²) in [7, 11) is 0. The number of benzene rings is 2. The Morgan fingerprint density at radius 3 is 2.87 bits per heavy atom. The zero-order valence-corrected chi connectivity index (χ0v) is 17.5. The van der Waals surface area contributed by atoms with E-state index in [2.05, 4.69) is 23.2 Å². The first-order chi connectivity index (χ1) is 15.2. The molecular formula is C23H25N5O3. The number of hydrogen-bond acceptors (Lipinski definition) is 7. The predicted octanol–water partition coefficient (Wildman–Crippen LogP) is 3.07. The summed E-state index contributed by atoms with van der Waals surface area (Å²) >= 11 is 0. The Morgan fingerprint density at radius 2 is 1.97 bits per heavy atom. The largest absolute Gasteiger partial charge is 0.454 e. The number of ether oxygens (including phenoxy) is 2. The van der Waals surface area contributed by atoms with E-state index in [1.54, 1.807) is 0 Å². The Kier molecular flexibility index (Phi) is 5.30. The number of anilines is 2. The summed E-state index contributed by atoms with van der Waals surface area (Å²) in [6, 6.07) is 11.9. The molecule has 160 valence electrons. The molecule has 0 radical (unpaired) electrons. The summed E-state index contributed by atoms with van der Waals surface area (Å²) in [5.41, 5.74) is 2.94. The second kappa shape index (κ2) is 8.39. The van der Waals surface area contributed by atoms with Gasteiger partial charge in [-0.1, -0.05) is 12.1 Å². The van der Waals surface area contributed by atoms with E-state index in [1.807, 2.05) is 35.2 Å². The van der Waals surface area contributed by atoms with Gasteiger partial charge in [0.1, 0.15) is 11.6 Å². The molecule has 0 spiro atoms. The number of rotatable bonds is 5. The quantitative estimate of drug-likeness (QED) is 0.637. The number of fused-ring (bicyclic) bond motifs is 2. The molecule has 0 aliphatic carbocycles. The van der Waals surface area contributed by atoms with E-state index >= 15 is 0 Å². The molecule has 0 unspecified atom stereocenters. The molecule has 8 heteroatoms. The molecule has 5 rings (SSSR count). The lowest BCUT2D eigenvalue weighted by Crippen LogP contribution is -2.30. The second-order valence-electron chi connectivity index (χ2n) is 7.92. The van der Waals surface area contributed by atoms with Crippen molar-refractivity contribution in [2.45, 2.75) is 19.9 Å². The number of hydrogen-bond donors (Lipinski definition) is 1. The van der Waals surface area contributed by atoms with E-state index < -0.39 is 0 Å². The van der Waals surface area contributed by atoms with Gasteiger partial charge in [-0.2, -0.15) is 0 Å². The van der Waals surface area contributed by atoms with E-state index in [4.69, 9.17) is 19.4 Å². The van der Waals surface area contributed by atoms with E-state index in [-0.39, 0.29) is 6.79 Å². The summed E-state index contributed by atoms with van der Waals surface area (Å²) < 4.78 is 10.9. The molecule has 2 aliphatic heterocycles. The number of carbonyl (C=O) groups is 1. The topological polar surface area (TPSA) is 79.8 Å². The van der Waals surface area contributed by atoms with Gasteiger partial charge >= 0.3 is 0 Å². The smallest absolute Gasteiger partial charge is 0.231 e. The molecule has 1 aromatic heterocycles. The molecule has 31 heavy (non-hydrogen) atoms. The Hall–Kier alpha value is -3.39. The first-order valence-electron chi connectivity index (χ1n) is 10.5. The Labute approximate surface area is 180 Å². The maximum Gasteiger partial charge on any atom is 0.231 e. The molecule has 0 atom stereocenters. The molecule has 3 aromatic rings. The van der Waals surface area contributed by atoms with Crippen molar-refractivity contribution < 1.29 is 14.3 Å². The lowest BCUT2D eigenvalue weighted by Gasteiger charge is -2.20. The Balaban J connectivity index is 1.46. The summed E-state index contributed by atoms with van der Waals surface area (Å²) in [6.07, 6.45) is 1.89. The maximum absolute atomic E-state index is 11.1. The average molecular weight is 419 g/mol. The van der Waals surface area contributed by atoms with Gasteiger partial charge in [-0.3, -0.25) is 9.69 Å². The number of aryl methyl sites for hydroxylation is 1. The Morgan fingerprint density at radius 1 is 1.06 bits per heavy atom. The predicted molar refractivity (Wildman–Crippen MR) is 118 cm³/mol. The number of nitrogens with one attached hydrogen (secondary N) is 1. The fraction of sp³-hybridized carbons (Fsp3) is 0.348. The number of para-hydroxylation sites is 1. The van der Waals surface area contributed by atoms with Crippen molar-refractivity contribution in [2.24, 2.45) is 0 Å². The highest BCUT2D eigenvalue weighted by atomic mass is 16.7. The van der Waals surface area contributed by atoms with Crippen LogP contribution in [0.25, 0.3) is 10.9 Å². The van der Waals surface area contributed by atoms with Crippen LogP contribution in [0, 0.1) is 6.92 Å². The molecule has 8 nitrogen and oxygen atoms in total. The highest BCUT2D eigenvalue weighted by Gasteiger charge is 2.18. The van der Waals surface area contributed by atoms with Crippen molar-refractivity contribution in [1.82, 2.24) is 19.8 Å². The van der Waals surface area contributed by atoms with Gasteiger partial charge in [-0.25, -0.2) is 9.97 Å². The third kappa shape index (κ3) is 4.11. The van der Waals surface area contributed by atoms with Gasteiger partial charge < -0.3 is 19.7 Å². The van der Waals surface area contributed by atoms with Crippen molar-refractivity contribution >= 4 is 28.8 Å². The van der Waals surface area contributed by atoms with Gasteiger partial charge in [0.25, 0.3) is 0 Å². The van der Waals surface area contributed by atoms with Crippen LogP contribution >= 0.6 is 0 Å². The van der Waals surface area contributed by atoms with Crippen molar-refractivity contribution in [3.05, 3.63) is 47.8 Å². The van der Waals surface area contributed by atoms with Crippen molar-refractivity contribution in [1.29, 1.82) is 0 Å². The Bertz CT molecular complexity index is 1120. The minimum atomic E-state index is 0.246. The third-order valence-electron chi connectivity index (χ3n) is 5.75. The van der Waals surface area contributed by atoms with Crippen molar-refractivity contribution in [3.63, 3.8) is 0 Å². The van der Waals surface area contributed by atoms with E-state index in [1.165, 1.54) is 0 Å². The molecule has 0 saturated carbocycles. The molecular weight excluding hydrogens is 394 g/mol. The zero-order chi connectivity index (χ0) is 21.2. The van der Waals surface area contributed by atoms with Crippen LogP contribution in [0.5, 0.6) is 11.5 Å². The maximum atomic E-state index is 11.1. The lowest BCUT2D eigenvalue weighted by molar-refractivity contribution is -0.118. The SMILES string of the molecule is Cc1cccc2c(Nc3ccc4c(c3)OCO4)nc(CN3CCCN(C=O)CC3)nc12.